The van der Waals surface area contributed by atoms with Crippen LogP contribution in [0.5, 0.6) is 0 Å². The summed E-state index contributed by atoms with van der Waals surface area (Å²) in [6, 6.07) is 13.7. The van der Waals surface area contributed by atoms with E-state index in [1.54, 1.807) is 11.3 Å². The highest BCUT2D eigenvalue weighted by atomic mass is 79.9. The molecule has 3 nitrogen and oxygen atoms in total. The van der Waals surface area contributed by atoms with Crippen LogP contribution in [0, 0.1) is 0 Å². The molecule has 0 radical (unpaired) electrons. The minimum Gasteiger partial charge on any atom is -0.397 e. The monoisotopic (exact) mass is 454 g/mol. The Bertz CT molecular complexity index is 1160. The van der Waals surface area contributed by atoms with E-state index in [9.17, 15) is 4.79 Å². The normalized spacial score (nSPS) is 14.0. The Kier molecular flexibility index (Phi) is 4.15. The molecule has 1 fully saturated rings. The third kappa shape index (κ3) is 3.02. The second-order valence-electron chi connectivity index (χ2n) is 6.71. The standard InChI is InChI=1S/C21H15BrN2OS2/c22-13-7-5-12(6-8-13)19(25)20-18(23)17-14(16-2-1-9-26-16)10-15(11-3-4-11)24-21(17)27-20/h1-2,5-11H,3-4,23H2. The number of benzene rings is 1. The van der Waals surface area contributed by atoms with Crippen molar-refractivity contribution in [2.45, 2.75) is 18.8 Å². The molecule has 0 unspecified atom stereocenters. The molecule has 134 valence electrons. The van der Waals surface area contributed by atoms with Crippen LogP contribution in [0.3, 0.4) is 0 Å². The van der Waals surface area contributed by atoms with Crippen molar-refractivity contribution in [3.8, 4) is 10.4 Å². The first kappa shape index (κ1) is 17.1. The zero-order chi connectivity index (χ0) is 18.5. The van der Waals surface area contributed by atoms with E-state index in [1.165, 1.54) is 24.2 Å². The van der Waals surface area contributed by atoms with E-state index < -0.39 is 0 Å². The summed E-state index contributed by atoms with van der Waals surface area (Å²) in [6.07, 6.45) is 2.38. The van der Waals surface area contributed by atoms with Gasteiger partial charge < -0.3 is 5.73 Å². The third-order valence-corrected chi connectivity index (χ3v) is 7.34. The quantitative estimate of drug-likeness (QED) is 0.359. The van der Waals surface area contributed by atoms with Gasteiger partial charge in [-0.3, -0.25) is 4.79 Å². The number of ketones is 1. The van der Waals surface area contributed by atoms with Crippen LogP contribution >= 0.6 is 38.6 Å². The Morgan fingerprint density at radius 2 is 1.96 bits per heavy atom. The molecule has 1 aromatic carbocycles. The maximum Gasteiger partial charge on any atom is 0.205 e. The average molecular weight is 455 g/mol. The lowest BCUT2D eigenvalue weighted by atomic mass is 10.0. The summed E-state index contributed by atoms with van der Waals surface area (Å²) in [5, 5.41) is 2.97. The summed E-state index contributed by atoms with van der Waals surface area (Å²) in [4.78, 5) is 20.5. The van der Waals surface area contributed by atoms with Gasteiger partial charge in [0.05, 0.1) is 5.69 Å². The zero-order valence-electron chi connectivity index (χ0n) is 14.2. The number of carbonyl (C=O) groups excluding carboxylic acids is 1. The topological polar surface area (TPSA) is 56.0 Å². The van der Waals surface area contributed by atoms with Crippen LogP contribution in [-0.4, -0.2) is 10.8 Å². The zero-order valence-corrected chi connectivity index (χ0v) is 17.5. The summed E-state index contributed by atoms with van der Waals surface area (Å²) in [5.74, 6) is 0.496. The molecular formula is C21H15BrN2OS2. The van der Waals surface area contributed by atoms with Gasteiger partial charge in [-0.05, 0) is 54.6 Å². The molecule has 5 rings (SSSR count). The number of fused-ring (bicyclic) bond motifs is 1. The van der Waals surface area contributed by atoms with E-state index in [4.69, 9.17) is 10.7 Å². The second kappa shape index (κ2) is 6.55. The summed E-state index contributed by atoms with van der Waals surface area (Å²) in [5.41, 5.74) is 9.90. The lowest BCUT2D eigenvalue weighted by Crippen LogP contribution is -2.02. The summed E-state index contributed by atoms with van der Waals surface area (Å²) in [6.45, 7) is 0. The first-order valence-electron chi connectivity index (χ1n) is 8.69. The highest BCUT2D eigenvalue weighted by Gasteiger charge is 2.28. The fourth-order valence-corrected chi connectivity index (χ4v) is 5.36. The summed E-state index contributed by atoms with van der Waals surface area (Å²) in [7, 11) is 0. The highest BCUT2D eigenvalue weighted by molar-refractivity contribution is 9.10. The number of hydrogen-bond donors (Lipinski definition) is 1. The van der Waals surface area contributed by atoms with Gasteiger partial charge in [-0.25, -0.2) is 4.98 Å². The van der Waals surface area contributed by atoms with E-state index in [0.717, 1.165) is 30.8 Å². The molecule has 3 heterocycles. The molecule has 0 spiro atoms. The van der Waals surface area contributed by atoms with Crippen molar-refractivity contribution in [3.05, 3.63) is 68.5 Å². The Morgan fingerprint density at radius 3 is 2.63 bits per heavy atom. The van der Waals surface area contributed by atoms with Gasteiger partial charge in [-0.15, -0.1) is 22.7 Å². The maximum atomic E-state index is 13.1. The molecule has 0 aliphatic heterocycles. The number of halogens is 1. The Hall–Kier alpha value is -2.02. The molecule has 27 heavy (non-hydrogen) atoms. The lowest BCUT2D eigenvalue weighted by molar-refractivity contribution is 0.104. The van der Waals surface area contributed by atoms with Crippen LogP contribution in [0.1, 0.15) is 39.7 Å². The molecule has 0 atom stereocenters. The lowest BCUT2D eigenvalue weighted by Gasteiger charge is -2.06. The number of thiophene rings is 2. The van der Waals surface area contributed by atoms with Gasteiger partial charge in [-0.1, -0.05) is 22.0 Å². The van der Waals surface area contributed by atoms with Gasteiger partial charge in [-0.2, -0.15) is 0 Å². The number of hydrogen-bond acceptors (Lipinski definition) is 5. The fourth-order valence-electron chi connectivity index (χ4n) is 3.26. The van der Waals surface area contributed by atoms with E-state index in [2.05, 4.69) is 33.4 Å². The maximum absolute atomic E-state index is 13.1. The minimum absolute atomic E-state index is 0.0481. The van der Waals surface area contributed by atoms with Crippen molar-refractivity contribution in [1.82, 2.24) is 4.98 Å². The molecule has 1 saturated carbocycles. The largest absolute Gasteiger partial charge is 0.397 e. The minimum atomic E-state index is -0.0481. The van der Waals surface area contributed by atoms with E-state index >= 15 is 0 Å². The van der Waals surface area contributed by atoms with Gasteiger partial charge >= 0.3 is 0 Å². The van der Waals surface area contributed by atoms with Crippen LogP contribution in [-0.2, 0) is 0 Å². The number of carbonyl (C=O) groups is 1. The van der Waals surface area contributed by atoms with E-state index in [0.29, 0.717) is 22.0 Å². The molecule has 0 saturated heterocycles. The van der Waals surface area contributed by atoms with Crippen LogP contribution in [0.25, 0.3) is 20.7 Å². The number of nitrogen functional groups attached to an aromatic ring is 1. The number of pyridine rings is 1. The molecule has 6 heteroatoms. The predicted octanol–water partition coefficient (Wildman–Crippen LogP) is 6.48. The molecule has 1 aliphatic carbocycles. The highest BCUT2D eigenvalue weighted by Crippen LogP contribution is 2.46. The SMILES string of the molecule is Nc1c(C(=O)c2ccc(Br)cc2)sc2nc(C3CC3)cc(-c3cccs3)c12. The van der Waals surface area contributed by atoms with Gasteiger partial charge in [0.2, 0.25) is 5.78 Å². The van der Waals surface area contributed by atoms with E-state index in [-0.39, 0.29) is 5.78 Å². The van der Waals surface area contributed by atoms with Gasteiger partial charge in [0.1, 0.15) is 9.71 Å². The summed E-state index contributed by atoms with van der Waals surface area (Å²) < 4.78 is 0.944. The third-order valence-electron chi connectivity index (χ3n) is 4.81. The average Bonchev–Trinajstić information content (AvgIpc) is 3.28. The van der Waals surface area contributed by atoms with Gasteiger partial charge in [0.15, 0.2) is 0 Å². The van der Waals surface area contributed by atoms with Crippen molar-refractivity contribution in [1.29, 1.82) is 0 Å². The Labute approximate surface area is 173 Å². The predicted molar refractivity (Wildman–Crippen MR) is 117 cm³/mol. The van der Waals surface area contributed by atoms with Crippen molar-refractivity contribution in [2.75, 3.05) is 5.73 Å². The fraction of sp³-hybridized carbons (Fsp3) is 0.143. The van der Waals surface area contributed by atoms with Crippen molar-refractivity contribution in [2.24, 2.45) is 0 Å². The number of nitrogens with two attached hydrogens (primary N) is 1. The smallest absolute Gasteiger partial charge is 0.205 e. The van der Waals surface area contributed by atoms with Crippen molar-refractivity contribution < 1.29 is 4.79 Å². The molecule has 0 bridgehead atoms. The van der Waals surface area contributed by atoms with Crippen molar-refractivity contribution in [3.63, 3.8) is 0 Å². The van der Waals surface area contributed by atoms with Gasteiger partial charge in [0, 0.05) is 37.5 Å². The molecule has 0 amide bonds. The van der Waals surface area contributed by atoms with Gasteiger partial charge in [0.25, 0.3) is 0 Å². The Balaban J connectivity index is 1.71. The van der Waals surface area contributed by atoms with Crippen LogP contribution in [0.4, 0.5) is 5.69 Å². The first-order valence-corrected chi connectivity index (χ1v) is 11.2. The molecule has 2 N–H and O–H groups in total. The summed E-state index contributed by atoms with van der Waals surface area (Å²) >= 11 is 6.51. The first-order chi connectivity index (χ1) is 13.1. The van der Waals surface area contributed by atoms with E-state index in [1.807, 2.05) is 30.3 Å². The molecule has 4 aromatic rings. The Morgan fingerprint density at radius 1 is 1.19 bits per heavy atom. The van der Waals surface area contributed by atoms with Crippen LogP contribution in [0.2, 0.25) is 0 Å². The van der Waals surface area contributed by atoms with Crippen LogP contribution < -0.4 is 5.73 Å². The van der Waals surface area contributed by atoms with Crippen LogP contribution in [0.15, 0.2) is 52.3 Å². The number of rotatable bonds is 4. The number of nitrogens with zero attached hydrogens (tertiary/aromatic N) is 1. The molecule has 3 aromatic heterocycles. The number of anilines is 1. The van der Waals surface area contributed by atoms with Crippen molar-refractivity contribution >= 4 is 60.3 Å². The number of aromatic nitrogens is 1. The molecule has 1 aliphatic rings. The molecular weight excluding hydrogens is 440 g/mol. The second-order valence-corrected chi connectivity index (χ2v) is 9.57.